The maximum atomic E-state index is 12.1. The average molecular weight is 212 g/mol. The summed E-state index contributed by atoms with van der Waals surface area (Å²) in [5.74, 6) is -0.228. The van der Waals surface area contributed by atoms with Gasteiger partial charge in [-0.25, -0.2) is 0 Å². The van der Waals surface area contributed by atoms with Gasteiger partial charge in [0.1, 0.15) is 5.78 Å². The Balaban J connectivity index is 2.11. The van der Waals surface area contributed by atoms with Crippen LogP contribution in [0, 0.1) is 23.7 Å². The van der Waals surface area contributed by atoms with E-state index in [0.717, 1.165) is 0 Å². The lowest BCUT2D eigenvalue weighted by Crippen LogP contribution is -2.23. The van der Waals surface area contributed by atoms with E-state index in [0.29, 0.717) is 0 Å². The summed E-state index contributed by atoms with van der Waals surface area (Å²) in [4.78, 5) is 24.1. The van der Waals surface area contributed by atoms with Crippen molar-refractivity contribution < 1.29 is 9.59 Å². The van der Waals surface area contributed by atoms with Gasteiger partial charge in [0, 0.05) is 23.7 Å². The molecule has 0 spiro atoms. The summed E-state index contributed by atoms with van der Waals surface area (Å²) in [6.45, 7) is 0. The van der Waals surface area contributed by atoms with Crippen LogP contribution in [0.2, 0.25) is 0 Å². The molecule has 1 saturated carbocycles. The maximum absolute atomic E-state index is 12.1. The Morgan fingerprint density at radius 1 is 0.812 bits per heavy atom. The number of rotatable bonds is 0. The molecule has 0 heterocycles. The number of ketones is 2. The fourth-order valence-corrected chi connectivity index (χ4v) is 2.92. The lowest BCUT2D eigenvalue weighted by Gasteiger charge is -2.18. The predicted molar refractivity (Wildman–Crippen MR) is 60.5 cm³/mol. The molecule has 0 aromatic rings. The number of carbonyl (C=O) groups excluding carboxylic acids is 2. The van der Waals surface area contributed by atoms with E-state index in [2.05, 4.69) is 0 Å². The minimum absolute atomic E-state index is 0.0428. The van der Waals surface area contributed by atoms with Crippen LogP contribution >= 0.6 is 0 Å². The maximum Gasteiger partial charge on any atom is 0.160 e. The standard InChI is InChI=1S/C14H12O2/c15-12-8-4-3-5-9-10-6-1-2-7-11(13(9)12)14(10)16/h1-11,13H/t9-,10+,11-,13+/m1/s1. The number of hydrogen-bond donors (Lipinski definition) is 0. The minimum atomic E-state index is -0.232. The Hall–Kier alpha value is -1.70. The van der Waals surface area contributed by atoms with E-state index >= 15 is 0 Å². The van der Waals surface area contributed by atoms with Gasteiger partial charge in [0.25, 0.3) is 0 Å². The van der Waals surface area contributed by atoms with Crippen LogP contribution in [-0.2, 0) is 9.59 Å². The lowest BCUT2D eigenvalue weighted by atomic mass is 9.83. The molecule has 16 heavy (non-hydrogen) atoms. The van der Waals surface area contributed by atoms with Crippen molar-refractivity contribution in [2.24, 2.45) is 23.7 Å². The van der Waals surface area contributed by atoms with Gasteiger partial charge in [-0.15, -0.1) is 0 Å². The molecule has 2 nitrogen and oxygen atoms in total. The third kappa shape index (κ3) is 1.19. The Labute approximate surface area is 94.0 Å². The van der Waals surface area contributed by atoms with Gasteiger partial charge >= 0.3 is 0 Å². The SMILES string of the molecule is O=C1C=CC=C[C@H]2[C@H]1[C@H]1C=CC=C[C@@H]2C1=O. The van der Waals surface area contributed by atoms with E-state index in [1.165, 1.54) is 0 Å². The Morgan fingerprint density at radius 3 is 2.31 bits per heavy atom. The second kappa shape index (κ2) is 3.41. The van der Waals surface area contributed by atoms with Crippen molar-refractivity contribution >= 4 is 11.6 Å². The van der Waals surface area contributed by atoms with Crippen LogP contribution in [0.5, 0.6) is 0 Å². The zero-order valence-electron chi connectivity index (χ0n) is 8.74. The van der Waals surface area contributed by atoms with E-state index in [1.54, 1.807) is 12.2 Å². The summed E-state index contributed by atoms with van der Waals surface area (Å²) in [5.41, 5.74) is 0. The fraction of sp³-hybridized carbons (Fsp3) is 0.286. The van der Waals surface area contributed by atoms with E-state index in [-0.39, 0.29) is 35.2 Å². The molecule has 0 aliphatic heterocycles. The van der Waals surface area contributed by atoms with E-state index < -0.39 is 0 Å². The van der Waals surface area contributed by atoms with Crippen molar-refractivity contribution in [2.45, 2.75) is 0 Å². The molecule has 0 aromatic heterocycles. The summed E-state index contributed by atoms with van der Waals surface area (Å²) in [5, 5.41) is 0. The molecule has 3 rings (SSSR count). The highest BCUT2D eigenvalue weighted by atomic mass is 16.1. The molecule has 3 aliphatic carbocycles. The van der Waals surface area contributed by atoms with Gasteiger partial charge in [-0.2, -0.15) is 0 Å². The van der Waals surface area contributed by atoms with E-state index in [9.17, 15) is 9.59 Å². The van der Waals surface area contributed by atoms with Gasteiger partial charge in [-0.1, -0.05) is 42.5 Å². The summed E-state index contributed by atoms with van der Waals surface area (Å²) in [6.07, 6.45) is 14.8. The predicted octanol–water partition coefficient (Wildman–Crippen LogP) is 1.85. The summed E-state index contributed by atoms with van der Waals surface area (Å²) >= 11 is 0. The van der Waals surface area contributed by atoms with Crippen molar-refractivity contribution in [1.29, 1.82) is 0 Å². The van der Waals surface area contributed by atoms with Gasteiger partial charge in [-0.05, 0) is 6.08 Å². The van der Waals surface area contributed by atoms with Crippen LogP contribution in [0.4, 0.5) is 0 Å². The Morgan fingerprint density at radius 2 is 1.50 bits per heavy atom. The van der Waals surface area contributed by atoms with Gasteiger partial charge in [0.05, 0.1) is 0 Å². The average Bonchev–Trinajstić information content (AvgIpc) is 2.42. The first kappa shape index (κ1) is 9.52. The highest BCUT2D eigenvalue weighted by molar-refractivity contribution is 6.02. The third-order valence-corrected chi connectivity index (χ3v) is 3.65. The molecule has 0 amide bonds. The molecule has 4 atom stereocenters. The molecule has 2 bridgehead atoms. The molecule has 2 heteroatoms. The molecule has 1 fully saturated rings. The molecular formula is C14H12O2. The molecule has 0 aromatic carbocycles. The zero-order valence-corrected chi connectivity index (χ0v) is 8.74. The number of carbonyl (C=O) groups is 2. The van der Waals surface area contributed by atoms with Crippen LogP contribution in [-0.4, -0.2) is 11.6 Å². The molecular weight excluding hydrogens is 200 g/mol. The summed E-state index contributed by atoms with van der Waals surface area (Å²) in [7, 11) is 0. The van der Waals surface area contributed by atoms with Crippen LogP contribution in [0.1, 0.15) is 0 Å². The first-order valence-electron chi connectivity index (χ1n) is 5.56. The van der Waals surface area contributed by atoms with E-state index in [4.69, 9.17) is 0 Å². The zero-order chi connectivity index (χ0) is 11.1. The molecule has 0 unspecified atom stereocenters. The largest absolute Gasteiger partial charge is 0.298 e. The topological polar surface area (TPSA) is 34.1 Å². The van der Waals surface area contributed by atoms with Crippen LogP contribution < -0.4 is 0 Å². The van der Waals surface area contributed by atoms with Crippen molar-refractivity contribution in [3.63, 3.8) is 0 Å². The van der Waals surface area contributed by atoms with Gasteiger partial charge in [0.15, 0.2) is 5.78 Å². The summed E-state index contributed by atoms with van der Waals surface area (Å²) in [6, 6.07) is 0. The first-order chi connectivity index (χ1) is 7.79. The monoisotopic (exact) mass is 212 g/mol. The number of fused-ring (bicyclic) bond motifs is 5. The van der Waals surface area contributed by atoms with Gasteiger partial charge in [-0.3, -0.25) is 9.59 Å². The van der Waals surface area contributed by atoms with Crippen LogP contribution in [0.15, 0.2) is 48.6 Å². The van der Waals surface area contributed by atoms with Crippen LogP contribution in [0.3, 0.4) is 0 Å². The molecule has 0 saturated heterocycles. The highest BCUT2D eigenvalue weighted by Gasteiger charge is 2.49. The minimum Gasteiger partial charge on any atom is -0.298 e. The van der Waals surface area contributed by atoms with Crippen molar-refractivity contribution in [2.75, 3.05) is 0 Å². The van der Waals surface area contributed by atoms with Crippen LogP contribution in [0.25, 0.3) is 0 Å². The third-order valence-electron chi connectivity index (χ3n) is 3.65. The van der Waals surface area contributed by atoms with Crippen molar-refractivity contribution in [3.8, 4) is 0 Å². The second-order valence-electron chi connectivity index (χ2n) is 4.47. The molecule has 0 radical (unpaired) electrons. The highest BCUT2D eigenvalue weighted by Crippen LogP contribution is 2.43. The second-order valence-corrected chi connectivity index (χ2v) is 4.47. The number of Topliss-reactive ketones (excluding diaryl/α,β-unsaturated/α-hetero) is 1. The molecule has 0 N–H and O–H groups in total. The summed E-state index contributed by atoms with van der Waals surface area (Å²) < 4.78 is 0. The smallest absolute Gasteiger partial charge is 0.160 e. The number of allylic oxidation sites excluding steroid dienone is 8. The van der Waals surface area contributed by atoms with Gasteiger partial charge < -0.3 is 0 Å². The van der Waals surface area contributed by atoms with Crippen molar-refractivity contribution in [1.82, 2.24) is 0 Å². The molecule has 80 valence electrons. The Bertz CT molecular complexity index is 465. The lowest BCUT2D eigenvalue weighted by molar-refractivity contribution is -0.125. The molecule has 3 aliphatic rings. The first-order valence-corrected chi connectivity index (χ1v) is 5.56. The van der Waals surface area contributed by atoms with Crippen molar-refractivity contribution in [3.05, 3.63) is 48.6 Å². The quantitative estimate of drug-likeness (QED) is 0.614. The number of hydrogen-bond acceptors (Lipinski definition) is 2. The van der Waals surface area contributed by atoms with Gasteiger partial charge in [0.2, 0.25) is 0 Å². The normalized spacial score (nSPS) is 39.8. The Kier molecular flexibility index (Phi) is 2.03. The fourth-order valence-electron chi connectivity index (χ4n) is 2.92. The van der Waals surface area contributed by atoms with E-state index in [1.807, 2.05) is 36.5 Å².